The fraction of sp³-hybridized carbons (Fsp3) is 0.143. The number of thioether (sulfide) groups is 1. The van der Waals surface area contributed by atoms with Crippen molar-refractivity contribution in [3.63, 3.8) is 0 Å². The van der Waals surface area contributed by atoms with Crippen LogP contribution in [0.2, 0.25) is 0 Å². The normalized spacial score (nSPS) is 10.0. The van der Waals surface area contributed by atoms with Gasteiger partial charge in [0.2, 0.25) is 5.91 Å². The summed E-state index contributed by atoms with van der Waals surface area (Å²) in [5, 5.41) is 2.92. The fourth-order valence-electron chi connectivity index (χ4n) is 1.40. The molecule has 0 fully saturated rings. The van der Waals surface area contributed by atoms with Crippen LogP contribution in [0.5, 0.6) is 0 Å². The third-order valence-electron chi connectivity index (χ3n) is 2.33. The van der Waals surface area contributed by atoms with E-state index >= 15 is 0 Å². The van der Waals surface area contributed by atoms with Gasteiger partial charge in [0, 0.05) is 5.56 Å². The minimum Gasteiger partial charge on any atom is -0.431 e. The van der Waals surface area contributed by atoms with E-state index in [1.807, 2.05) is 0 Å². The Morgan fingerprint density at radius 2 is 2.20 bits per heavy atom. The number of rotatable bonds is 5. The summed E-state index contributed by atoms with van der Waals surface area (Å²) in [7, 11) is 0. The molecule has 2 aromatic rings. The van der Waals surface area contributed by atoms with Gasteiger partial charge in [-0.25, -0.2) is 9.37 Å². The van der Waals surface area contributed by atoms with Crippen molar-refractivity contribution in [2.24, 2.45) is 0 Å². The minimum atomic E-state index is -0.312. The molecule has 4 nitrogen and oxygen atoms in total. The van der Waals surface area contributed by atoms with Gasteiger partial charge in [0.25, 0.3) is 5.22 Å². The predicted molar refractivity (Wildman–Crippen MR) is 74.5 cm³/mol. The summed E-state index contributed by atoms with van der Waals surface area (Å²) in [6.45, 7) is 0.200. The van der Waals surface area contributed by atoms with Crippen molar-refractivity contribution in [2.45, 2.75) is 5.22 Å². The molecule has 0 saturated heterocycles. The summed E-state index contributed by atoms with van der Waals surface area (Å²) < 4.78 is 18.3. The Bertz CT molecular complexity index is 631. The van der Waals surface area contributed by atoms with Crippen molar-refractivity contribution < 1.29 is 13.6 Å². The SMILES string of the molecule is C#CCNC(=O)CSc1ncc(-c2ccc(F)cc2)o1. The number of hydrogen-bond acceptors (Lipinski definition) is 4. The third-order valence-corrected chi connectivity index (χ3v) is 3.17. The molecule has 0 unspecified atom stereocenters. The summed E-state index contributed by atoms with van der Waals surface area (Å²) in [5.74, 6) is 2.51. The monoisotopic (exact) mass is 290 g/mol. The molecule has 0 saturated carbocycles. The molecular formula is C14H11FN2O2S. The Morgan fingerprint density at radius 1 is 1.45 bits per heavy atom. The number of oxazole rings is 1. The highest BCUT2D eigenvalue weighted by Crippen LogP contribution is 2.25. The maximum Gasteiger partial charge on any atom is 0.256 e. The molecule has 6 heteroatoms. The van der Waals surface area contributed by atoms with E-state index in [0.29, 0.717) is 11.0 Å². The van der Waals surface area contributed by atoms with E-state index in [1.165, 1.54) is 30.1 Å². The Kier molecular flexibility index (Phi) is 4.80. The first-order valence-corrected chi connectivity index (χ1v) is 6.72. The molecule has 1 amide bonds. The number of carbonyl (C=O) groups is 1. The zero-order valence-corrected chi connectivity index (χ0v) is 11.2. The highest BCUT2D eigenvalue weighted by Gasteiger charge is 2.09. The quantitative estimate of drug-likeness (QED) is 0.678. The van der Waals surface area contributed by atoms with Crippen molar-refractivity contribution in [1.82, 2.24) is 10.3 Å². The average Bonchev–Trinajstić information content (AvgIpc) is 2.92. The lowest BCUT2D eigenvalue weighted by atomic mass is 10.2. The summed E-state index contributed by atoms with van der Waals surface area (Å²) in [6, 6.07) is 5.89. The van der Waals surface area contributed by atoms with Crippen molar-refractivity contribution in [1.29, 1.82) is 0 Å². The van der Waals surface area contributed by atoms with E-state index in [9.17, 15) is 9.18 Å². The smallest absolute Gasteiger partial charge is 0.256 e. The van der Waals surface area contributed by atoms with Crippen LogP contribution in [-0.4, -0.2) is 23.2 Å². The van der Waals surface area contributed by atoms with Crippen LogP contribution in [0, 0.1) is 18.2 Å². The maximum absolute atomic E-state index is 12.8. The Morgan fingerprint density at radius 3 is 2.90 bits per heavy atom. The van der Waals surface area contributed by atoms with Gasteiger partial charge < -0.3 is 9.73 Å². The van der Waals surface area contributed by atoms with E-state index in [0.717, 1.165) is 5.56 Å². The largest absolute Gasteiger partial charge is 0.431 e. The molecule has 0 aliphatic rings. The van der Waals surface area contributed by atoms with E-state index < -0.39 is 0 Å². The first kappa shape index (κ1) is 14.2. The van der Waals surface area contributed by atoms with Crippen LogP contribution in [0.3, 0.4) is 0 Å². The van der Waals surface area contributed by atoms with Crippen LogP contribution >= 0.6 is 11.8 Å². The van der Waals surface area contributed by atoms with Crippen LogP contribution in [0.4, 0.5) is 4.39 Å². The average molecular weight is 290 g/mol. The number of carbonyl (C=O) groups excluding carboxylic acids is 1. The van der Waals surface area contributed by atoms with Crippen molar-refractivity contribution in [3.05, 3.63) is 36.3 Å². The van der Waals surface area contributed by atoms with Crippen LogP contribution in [0.25, 0.3) is 11.3 Å². The standard InChI is InChI=1S/C14H11FN2O2S/c1-2-7-16-13(18)9-20-14-17-8-12(19-14)10-3-5-11(15)6-4-10/h1,3-6,8H,7,9H2,(H,16,18). The van der Waals surface area contributed by atoms with Crippen molar-refractivity contribution in [3.8, 4) is 23.7 Å². The van der Waals surface area contributed by atoms with E-state index in [-0.39, 0.29) is 24.0 Å². The number of aromatic nitrogens is 1. The lowest BCUT2D eigenvalue weighted by Gasteiger charge is -1.98. The van der Waals surface area contributed by atoms with Gasteiger partial charge in [0.1, 0.15) is 5.82 Å². The van der Waals surface area contributed by atoms with Crippen LogP contribution in [0.1, 0.15) is 0 Å². The minimum absolute atomic E-state index is 0.172. The summed E-state index contributed by atoms with van der Waals surface area (Å²) in [5.41, 5.74) is 0.725. The molecule has 0 aliphatic heterocycles. The lowest BCUT2D eigenvalue weighted by Crippen LogP contribution is -2.25. The Hall–Kier alpha value is -2.26. The fourth-order valence-corrected chi connectivity index (χ4v) is 2.03. The molecule has 1 N–H and O–H groups in total. The number of nitrogens with zero attached hydrogens (tertiary/aromatic N) is 1. The molecule has 1 aromatic heterocycles. The first-order valence-electron chi connectivity index (χ1n) is 5.74. The molecule has 1 heterocycles. The van der Waals surface area contributed by atoms with Gasteiger partial charge in [0.15, 0.2) is 5.76 Å². The molecule has 0 aliphatic carbocycles. The highest BCUT2D eigenvalue weighted by atomic mass is 32.2. The number of terminal acetylenes is 1. The number of hydrogen-bond donors (Lipinski definition) is 1. The summed E-state index contributed by atoms with van der Waals surface area (Å²) in [4.78, 5) is 15.4. The molecular weight excluding hydrogens is 279 g/mol. The molecule has 102 valence electrons. The lowest BCUT2D eigenvalue weighted by molar-refractivity contribution is -0.118. The van der Waals surface area contributed by atoms with Gasteiger partial charge in [0.05, 0.1) is 18.5 Å². The number of benzene rings is 1. The maximum atomic E-state index is 12.8. The van der Waals surface area contributed by atoms with Crippen molar-refractivity contribution in [2.75, 3.05) is 12.3 Å². The second-order valence-electron chi connectivity index (χ2n) is 3.77. The van der Waals surface area contributed by atoms with Crippen molar-refractivity contribution >= 4 is 17.7 Å². The predicted octanol–water partition coefficient (Wildman–Crippen LogP) is 2.32. The van der Waals surface area contributed by atoms with Crippen LogP contribution in [-0.2, 0) is 4.79 Å². The topological polar surface area (TPSA) is 55.1 Å². The van der Waals surface area contributed by atoms with Gasteiger partial charge >= 0.3 is 0 Å². The summed E-state index contributed by atoms with van der Waals surface area (Å²) in [6.07, 6.45) is 6.57. The molecule has 0 spiro atoms. The van der Waals surface area contributed by atoms with E-state index in [2.05, 4.69) is 16.2 Å². The summed E-state index contributed by atoms with van der Waals surface area (Å²) >= 11 is 1.17. The van der Waals surface area contributed by atoms with Crippen LogP contribution in [0.15, 0.2) is 40.1 Å². The zero-order valence-electron chi connectivity index (χ0n) is 10.4. The Balaban J connectivity index is 1.94. The van der Waals surface area contributed by atoms with Gasteiger partial charge in [-0.3, -0.25) is 4.79 Å². The second kappa shape index (κ2) is 6.78. The molecule has 2 rings (SSSR count). The van der Waals surface area contributed by atoms with Gasteiger partial charge in [-0.05, 0) is 24.3 Å². The zero-order chi connectivity index (χ0) is 14.4. The number of amides is 1. The molecule has 20 heavy (non-hydrogen) atoms. The third kappa shape index (κ3) is 3.87. The number of halogens is 1. The molecule has 0 atom stereocenters. The van der Waals surface area contributed by atoms with E-state index in [4.69, 9.17) is 10.8 Å². The molecule has 1 aromatic carbocycles. The van der Waals surface area contributed by atoms with Gasteiger partial charge in [-0.1, -0.05) is 17.7 Å². The molecule has 0 radical (unpaired) electrons. The van der Waals surface area contributed by atoms with E-state index in [1.54, 1.807) is 12.1 Å². The Labute approximate surface area is 119 Å². The van der Waals surface area contributed by atoms with Gasteiger partial charge in [-0.2, -0.15) is 0 Å². The van der Waals surface area contributed by atoms with Gasteiger partial charge in [-0.15, -0.1) is 6.42 Å². The molecule has 0 bridgehead atoms. The first-order chi connectivity index (χ1) is 9.69. The van der Waals surface area contributed by atoms with Crippen LogP contribution < -0.4 is 5.32 Å². The number of nitrogens with one attached hydrogen (secondary N) is 1. The second-order valence-corrected chi connectivity index (χ2v) is 4.69. The highest BCUT2D eigenvalue weighted by molar-refractivity contribution is 7.99.